The van der Waals surface area contributed by atoms with Crippen LogP contribution < -0.4 is 5.32 Å². The maximum Gasteiger partial charge on any atom is 0.268 e. The van der Waals surface area contributed by atoms with E-state index in [1.807, 2.05) is 37.3 Å². The van der Waals surface area contributed by atoms with Gasteiger partial charge in [0.25, 0.3) is 5.92 Å². The number of rotatable bonds is 5. The number of hydrogen-bond acceptors (Lipinski definition) is 4. The molecule has 9 heteroatoms. The fraction of sp³-hybridized carbons (Fsp3) is 0.524. The lowest BCUT2D eigenvalue weighted by Crippen LogP contribution is -2.50. The van der Waals surface area contributed by atoms with Crippen molar-refractivity contribution in [2.24, 2.45) is 5.92 Å². The van der Waals surface area contributed by atoms with Crippen molar-refractivity contribution in [1.82, 2.24) is 15.1 Å². The minimum atomic E-state index is -3.11. The first kappa shape index (κ1) is 21.7. The standard InChI is InChI=1S/C21H24F2N4O3/c1-2-26-17(28)9-8-16(19(26)14-6-4-3-5-7-14)20(30)25-12-18(29)27-13-21(22,23)10-15(27)11-24/h3-7,15-16,19H,2,8-10,12-13H2,1H3,(H,25,30). The van der Waals surface area contributed by atoms with Crippen LogP contribution in [-0.2, 0) is 14.4 Å². The number of amides is 3. The molecule has 1 aromatic carbocycles. The predicted molar refractivity (Wildman–Crippen MR) is 103 cm³/mol. The number of nitrogens with zero attached hydrogens (tertiary/aromatic N) is 3. The Bertz CT molecular complexity index is 856. The van der Waals surface area contributed by atoms with E-state index in [4.69, 9.17) is 5.26 Å². The minimum absolute atomic E-state index is 0.0392. The van der Waals surface area contributed by atoms with Crippen LogP contribution in [0, 0.1) is 17.2 Å². The quantitative estimate of drug-likeness (QED) is 0.790. The fourth-order valence-corrected chi connectivity index (χ4v) is 4.25. The lowest BCUT2D eigenvalue weighted by Gasteiger charge is -2.40. The number of likely N-dealkylation sites (tertiary alicyclic amines) is 2. The number of halogens is 2. The normalized spacial score (nSPS) is 25.7. The molecule has 0 spiro atoms. The third-order valence-corrected chi connectivity index (χ3v) is 5.68. The average molecular weight is 418 g/mol. The van der Waals surface area contributed by atoms with Gasteiger partial charge in [-0.3, -0.25) is 14.4 Å². The molecular formula is C21H24F2N4O3. The summed E-state index contributed by atoms with van der Waals surface area (Å²) in [7, 11) is 0. The van der Waals surface area contributed by atoms with Crippen LogP contribution in [0.2, 0.25) is 0 Å². The Labute approximate surface area is 173 Å². The highest BCUT2D eigenvalue weighted by molar-refractivity contribution is 5.88. The minimum Gasteiger partial charge on any atom is -0.347 e. The second kappa shape index (κ2) is 8.78. The Balaban J connectivity index is 1.71. The van der Waals surface area contributed by atoms with Gasteiger partial charge in [0.15, 0.2) is 0 Å². The Morgan fingerprint density at radius 1 is 1.30 bits per heavy atom. The Morgan fingerprint density at radius 3 is 2.63 bits per heavy atom. The molecule has 0 bridgehead atoms. The number of carbonyl (C=O) groups is 3. The molecule has 3 amide bonds. The molecule has 0 radical (unpaired) electrons. The first-order chi connectivity index (χ1) is 14.3. The van der Waals surface area contributed by atoms with E-state index in [1.54, 1.807) is 11.0 Å². The zero-order valence-corrected chi connectivity index (χ0v) is 16.7. The molecule has 0 aromatic heterocycles. The number of benzene rings is 1. The molecule has 2 heterocycles. The van der Waals surface area contributed by atoms with E-state index in [0.29, 0.717) is 13.0 Å². The van der Waals surface area contributed by atoms with Crippen LogP contribution in [0.4, 0.5) is 8.78 Å². The summed E-state index contributed by atoms with van der Waals surface area (Å²) in [6, 6.07) is 9.25. The van der Waals surface area contributed by atoms with E-state index < -0.39 is 55.2 Å². The van der Waals surface area contributed by atoms with Gasteiger partial charge < -0.3 is 15.1 Å². The first-order valence-corrected chi connectivity index (χ1v) is 9.96. The molecule has 2 aliphatic heterocycles. The molecule has 0 saturated carbocycles. The highest BCUT2D eigenvalue weighted by atomic mass is 19.3. The van der Waals surface area contributed by atoms with Crippen LogP contribution >= 0.6 is 0 Å². The molecule has 160 valence electrons. The molecule has 3 unspecified atom stereocenters. The highest BCUT2D eigenvalue weighted by Gasteiger charge is 2.47. The second-order valence-electron chi connectivity index (χ2n) is 7.62. The van der Waals surface area contributed by atoms with Crippen molar-refractivity contribution in [1.29, 1.82) is 5.26 Å². The summed E-state index contributed by atoms with van der Waals surface area (Å²) in [5.74, 6) is -4.85. The van der Waals surface area contributed by atoms with Crippen molar-refractivity contribution in [3.05, 3.63) is 35.9 Å². The zero-order chi connectivity index (χ0) is 21.9. The number of nitrogens with one attached hydrogen (secondary N) is 1. The first-order valence-electron chi connectivity index (χ1n) is 9.96. The Kier molecular flexibility index (Phi) is 6.34. The monoisotopic (exact) mass is 418 g/mol. The largest absolute Gasteiger partial charge is 0.347 e. The van der Waals surface area contributed by atoms with E-state index in [9.17, 15) is 23.2 Å². The summed E-state index contributed by atoms with van der Waals surface area (Å²) in [5, 5.41) is 11.6. The van der Waals surface area contributed by atoms with Gasteiger partial charge >= 0.3 is 0 Å². The summed E-state index contributed by atoms with van der Waals surface area (Å²) in [5.41, 5.74) is 0.822. The van der Waals surface area contributed by atoms with E-state index in [0.717, 1.165) is 10.5 Å². The van der Waals surface area contributed by atoms with Crippen LogP contribution in [0.25, 0.3) is 0 Å². The molecule has 0 aliphatic carbocycles. The molecule has 3 rings (SSSR count). The Hall–Kier alpha value is -3.02. The second-order valence-corrected chi connectivity index (χ2v) is 7.62. The van der Waals surface area contributed by atoms with E-state index in [-0.39, 0.29) is 12.3 Å². The van der Waals surface area contributed by atoms with Gasteiger partial charge in [-0.25, -0.2) is 8.78 Å². The molecule has 1 N–H and O–H groups in total. The predicted octanol–water partition coefficient (Wildman–Crippen LogP) is 1.86. The number of hydrogen-bond donors (Lipinski definition) is 1. The van der Waals surface area contributed by atoms with Crippen LogP contribution in [-0.4, -0.2) is 59.1 Å². The zero-order valence-electron chi connectivity index (χ0n) is 16.7. The molecule has 2 aliphatic rings. The lowest BCUT2D eigenvalue weighted by atomic mass is 9.83. The maximum absolute atomic E-state index is 13.6. The summed E-state index contributed by atoms with van der Waals surface area (Å²) < 4.78 is 27.1. The number of nitriles is 1. The highest BCUT2D eigenvalue weighted by Crippen LogP contribution is 2.37. The van der Waals surface area contributed by atoms with Crippen molar-refractivity contribution in [3.8, 4) is 6.07 Å². The molecule has 2 fully saturated rings. The van der Waals surface area contributed by atoms with Gasteiger partial charge in [0.1, 0.15) is 6.04 Å². The van der Waals surface area contributed by atoms with Crippen molar-refractivity contribution >= 4 is 17.7 Å². The average Bonchev–Trinajstić information content (AvgIpc) is 3.06. The van der Waals surface area contributed by atoms with Crippen molar-refractivity contribution in [2.45, 2.75) is 44.2 Å². The lowest BCUT2D eigenvalue weighted by molar-refractivity contribution is -0.144. The molecule has 3 atom stereocenters. The van der Waals surface area contributed by atoms with Gasteiger partial charge in [-0.05, 0) is 18.9 Å². The summed E-state index contributed by atoms with van der Waals surface area (Å²) in [6.07, 6.45) is -0.148. The maximum atomic E-state index is 13.6. The van der Waals surface area contributed by atoms with Crippen LogP contribution in [0.5, 0.6) is 0 Å². The van der Waals surface area contributed by atoms with Gasteiger partial charge in [-0.15, -0.1) is 0 Å². The van der Waals surface area contributed by atoms with Crippen LogP contribution in [0.3, 0.4) is 0 Å². The van der Waals surface area contributed by atoms with Gasteiger partial charge in [-0.1, -0.05) is 30.3 Å². The number of alkyl halides is 2. The topological polar surface area (TPSA) is 93.5 Å². The number of carbonyl (C=O) groups excluding carboxylic acids is 3. The van der Waals surface area contributed by atoms with E-state index in [2.05, 4.69) is 5.32 Å². The van der Waals surface area contributed by atoms with Gasteiger partial charge in [0.2, 0.25) is 17.7 Å². The van der Waals surface area contributed by atoms with Crippen LogP contribution in [0.15, 0.2) is 30.3 Å². The summed E-state index contributed by atoms with van der Waals surface area (Å²) in [6.45, 7) is 0.986. The van der Waals surface area contributed by atoms with Crippen molar-refractivity contribution < 1.29 is 23.2 Å². The summed E-state index contributed by atoms with van der Waals surface area (Å²) >= 11 is 0. The third kappa shape index (κ3) is 4.42. The van der Waals surface area contributed by atoms with Crippen LogP contribution in [0.1, 0.15) is 37.8 Å². The fourth-order valence-electron chi connectivity index (χ4n) is 4.25. The molecule has 7 nitrogen and oxygen atoms in total. The third-order valence-electron chi connectivity index (χ3n) is 5.68. The molecule has 2 saturated heterocycles. The van der Waals surface area contributed by atoms with Crippen molar-refractivity contribution in [3.63, 3.8) is 0 Å². The van der Waals surface area contributed by atoms with Gasteiger partial charge in [0.05, 0.1) is 31.1 Å². The van der Waals surface area contributed by atoms with Crippen molar-refractivity contribution in [2.75, 3.05) is 19.6 Å². The van der Waals surface area contributed by atoms with E-state index in [1.165, 1.54) is 0 Å². The Morgan fingerprint density at radius 2 is 2.00 bits per heavy atom. The molecular weight excluding hydrogens is 394 g/mol. The van der Waals surface area contributed by atoms with Gasteiger partial charge in [0, 0.05) is 19.4 Å². The number of piperidine rings is 1. The molecule has 30 heavy (non-hydrogen) atoms. The SMILES string of the molecule is CCN1C(=O)CCC(C(=O)NCC(=O)N2CC(F)(F)CC2C#N)C1c1ccccc1. The molecule has 1 aromatic rings. The van der Waals surface area contributed by atoms with Gasteiger partial charge in [-0.2, -0.15) is 5.26 Å². The smallest absolute Gasteiger partial charge is 0.268 e. The van der Waals surface area contributed by atoms with E-state index >= 15 is 0 Å². The summed E-state index contributed by atoms with van der Waals surface area (Å²) in [4.78, 5) is 40.1.